The SMILES string of the molecule is CN=C(NCc1ccc(NC(=O)OC)cc1)NCC1(CCOC)CCCC1.I. The maximum absolute atomic E-state index is 11.2. The number of carbonyl (C=O) groups excluding carboxylic acids is 1. The summed E-state index contributed by atoms with van der Waals surface area (Å²) in [6.45, 7) is 2.38. The van der Waals surface area contributed by atoms with Crippen molar-refractivity contribution in [2.75, 3.05) is 39.7 Å². The number of hydrogen-bond acceptors (Lipinski definition) is 4. The van der Waals surface area contributed by atoms with E-state index in [1.54, 1.807) is 14.2 Å². The number of hydrogen-bond donors (Lipinski definition) is 3. The second-order valence-electron chi connectivity index (χ2n) is 7.04. The average Bonchev–Trinajstić information content (AvgIpc) is 3.16. The van der Waals surface area contributed by atoms with Gasteiger partial charge in [0.15, 0.2) is 5.96 Å². The molecule has 0 heterocycles. The van der Waals surface area contributed by atoms with Crippen LogP contribution in [0.15, 0.2) is 29.3 Å². The molecule has 1 aromatic rings. The van der Waals surface area contributed by atoms with Gasteiger partial charge in [0.1, 0.15) is 0 Å². The predicted molar refractivity (Wildman–Crippen MR) is 123 cm³/mol. The number of carbonyl (C=O) groups is 1. The Balaban J connectivity index is 0.00000392. The van der Waals surface area contributed by atoms with Crippen LogP contribution in [0.3, 0.4) is 0 Å². The summed E-state index contributed by atoms with van der Waals surface area (Å²) in [6, 6.07) is 7.62. The van der Waals surface area contributed by atoms with Gasteiger partial charge in [-0.05, 0) is 42.4 Å². The van der Waals surface area contributed by atoms with E-state index in [0.717, 1.165) is 31.1 Å². The van der Waals surface area contributed by atoms with Gasteiger partial charge in [0.2, 0.25) is 0 Å². The minimum absolute atomic E-state index is 0. The summed E-state index contributed by atoms with van der Waals surface area (Å²) in [5.74, 6) is 0.801. The molecule has 1 fully saturated rings. The van der Waals surface area contributed by atoms with Crippen molar-refractivity contribution in [2.24, 2.45) is 10.4 Å². The molecule has 0 unspecified atom stereocenters. The highest BCUT2D eigenvalue weighted by Crippen LogP contribution is 2.40. The minimum atomic E-state index is -0.472. The highest BCUT2D eigenvalue weighted by atomic mass is 127. The summed E-state index contributed by atoms with van der Waals surface area (Å²) < 4.78 is 9.89. The van der Waals surface area contributed by atoms with E-state index in [4.69, 9.17) is 4.74 Å². The third-order valence-electron chi connectivity index (χ3n) is 5.20. The lowest BCUT2D eigenvalue weighted by Gasteiger charge is -2.30. The molecule has 2 rings (SSSR count). The largest absolute Gasteiger partial charge is 0.453 e. The van der Waals surface area contributed by atoms with Crippen molar-refractivity contribution in [3.05, 3.63) is 29.8 Å². The fraction of sp³-hybridized carbons (Fsp3) is 0.600. The van der Waals surface area contributed by atoms with Crippen LogP contribution in [0.5, 0.6) is 0 Å². The first-order chi connectivity index (χ1) is 13.1. The average molecular weight is 504 g/mol. The van der Waals surface area contributed by atoms with Crippen molar-refractivity contribution in [3.8, 4) is 0 Å². The summed E-state index contributed by atoms with van der Waals surface area (Å²) in [4.78, 5) is 15.5. The summed E-state index contributed by atoms with van der Waals surface area (Å²) in [5, 5.41) is 9.48. The smallest absolute Gasteiger partial charge is 0.411 e. The van der Waals surface area contributed by atoms with Gasteiger partial charge in [-0.1, -0.05) is 25.0 Å². The van der Waals surface area contributed by atoms with Crippen LogP contribution in [0.25, 0.3) is 0 Å². The lowest BCUT2D eigenvalue weighted by atomic mass is 9.83. The molecule has 8 heteroatoms. The van der Waals surface area contributed by atoms with Crippen molar-refractivity contribution in [3.63, 3.8) is 0 Å². The molecule has 1 aliphatic rings. The van der Waals surface area contributed by atoms with Gasteiger partial charge in [0.05, 0.1) is 7.11 Å². The first kappa shape index (κ1) is 24.5. The maximum Gasteiger partial charge on any atom is 0.411 e. The first-order valence-electron chi connectivity index (χ1n) is 9.48. The second kappa shape index (κ2) is 12.8. The Morgan fingerprint density at radius 2 is 1.82 bits per heavy atom. The molecule has 7 nitrogen and oxygen atoms in total. The lowest BCUT2D eigenvalue weighted by Crippen LogP contribution is -2.43. The van der Waals surface area contributed by atoms with E-state index in [0.29, 0.717) is 17.6 Å². The van der Waals surface area contributed by atoms with Crippen LogP contribution in [-0.2, 0) is 16.0 Å². The number of amides is 1. The number of nitrogens with zero attached hydrogens (tertiary/aromatic N) is 1. The van der Waals surface area contributed by atoms with Gasteiger partial charge in [0, 0.05) is 39.5 Å². The predicted octanol–water partition coefficient (Wildman–Crippen LogP) is 3.74. The van der Waals surface area contributed by atoms with Gasteiger partial charge in [0.25, 0.3) is 0 Å². The molecule has 0 bridgehead atoms. The standard InChI is InChI=1S/C20H32N4O3.HI/c1-21-18(23-15-20(12-13-26-2)10-4-5-11-20)22-14-16-6-8-17(9-7-16)24-19(25)27-3;/h6-9H,4-5,10-15H2,1-3H3,(H,24,25)(H2,21,22,23);1H. The topological polar surface area (TPSA) is 84.0 Å². The molecule has 0 saturated heterocycles. The molecule has 1 aromatic carbocycles. The van der Waals surface area contributed by atoms with Gasteiger partial charge in [-0.2, -0.15) is 0 Å². The number of halogens is 1. The van der Waals surface area contributed by atoms with E-state index >= 15 is 0 Å². The van der Waals surface area contributed by atoms with Crippen molar-refractivity contribution < 1.29 is 14.3 Å². The van der Waals surface area contributed by atoms with Crippen LogP contribution >= 0.6 is 24.0 Å². The quantitative estimate of drug-likeness (QED) is 0.286. The van der Waals surface area contributed by atoms with E-state index in [1.165, 1.54) is 32.8 Å². The Labute approximate surface area is 185 Å². The molecular formula is C20H33IN4O3. The second-order valence-corrected chi connectivity index (χ2v) is 7.04. The van der Waals surface area contributed by atoms with E-state index in [2.05, 4.69) is 25.7 Å². The minimum Gasteiger partial charge on any atom is -0.453 e. The third kappa shape index (κ3) is 7.83. The fourth-order valence-electron chi connectivity index (χ4n) is 3.51. The number of nitrogens with one attached hydrogen (secondary N) is 3. The van der Waals surface area contributed by atoms with Crippen LogP contribution in [0.1, 0.15) is 37.7 Å². The van der Waals surface area contributed by atoms with Gasteiger partial charge in [-0.25, -0.2) is 4.79 Å². The Morgan fingerprint density at radius 3 is 2.39 bits per heavy atom. The normalized spacial score (nSPS) is 15.5. The molecule has 0 atom stereocenters. The zero-order valence-corrected chi connectivity index (χ0v) is 19.4. The number of rotatable bonds is 8. The zero-order chi connectivity index (χ0) is 19.5. The molecule has 1 saturated carbocycles. The summed E-state index contributed by atoms with van der Waals surface area (Å²) >= 11 is 0. The number of ether oxygens (including phenoxy) is 2. The molecule has 0 aliphatic heterocycles. The third-order valence-corrected chi connectivity index (χ3v) is 5.20. The fourth-order valence-corrected chi connectivity index (χ4v) is 3.51. The number of methoxy groups -OCH3 is 2. The molecular weight excluding hydrogens is 471 g/mol. The van der Waals surface area contributed by atoms with Crippen molar-refractivity contribution in [1.29, 1.82) is 0 Å². The summed E-state index contributed by atoms with van der Waals surface area (Å²) in [7, 11) is 4.90. The molecule has 3 N–H and O–H groups in total. The van der Waals surface area contributed by atoms with E-state index in [1.807, 2.05) is 24.3 Å². The number of guanidine groups is 1. The molecule has 1 aliphatic carbocycles. The van der Waals surface area contributed by atoms with Crippen LogP contribution in [-0.4, -0.2) is 46.5 Å². The Hall–Kier alpha value is -1.55. The molecule has 158 valence electrons. The van der Waals surface area contributed by atoms with Crippen LogP contribution in [0.2, 0.25) is 0 Å². The lowest BCUT2D eigenvalue weighted by molar-refractivity contribution is 0.138. The molecule has 0 aromatic heterocycles. The molecule has 0 spiro atoms. The molecule has 28 heavy (non-hydrogen) atoms. The van der Waals surface area contributed by atoms with Crippen molar-refractivity contribution in [2.45, 2.75) is 38.6 Å². The Morgan fingerprint density at radius 1 is 1.14 bits per heavy atom. The van der Waals surface area contributed by atoms with E-state index < -0.39 is 6.09 Å². The van der Waals surface area contributed by atoms with Gasteiger partial charge in [-0.3, -0.25) is 10.3 Å². The first-order valence-corrected chi connectivity index (χ1v) is 9.48. The Bertz CT molecular complexity index is 616. The highest BCUT2D eigenvalue weighted by Gasteiger charge is 2.33. The summed E-state index contributed by atoms with van der Waals surface area (Å²) in [6.07, 6.45) is 5.69. The monoisotopic (exact) mass is 504 g/mol. The van der Waals surface area contributed by atoms with Crippen LogP contribution in [0.4, 0.5) is 10.5 Å². The van der Waals surface area contributed by atoms with E-state index in [9.17, 15) is 4.79 Å². The molecule has 0 radical (unpaired) electrons. The van der Waals surface area contributed by atoms with E-state index in [-0.39, 0.29) is 24.0 Å². The van der Waals surface area contributed by atoms with Gasteiger partial charge in [-0.15, -0.1) is 24.0 Å². The maximum atomic E-state index is 11.2. The van der Waals surface area contributed by atoms with Crippen molar-refractivity contribution in [1.82, 2.24) is 10.6 Å². The highest BCUT2D eigenvalue weighted by molar-refractivity contribution is 14.0. The number of benzene rings is 1. The van der Waals surface area contributed by atoms with Gasteiger partial charge < -0.3 is 20.1 Å². The van der Waals surface area contributed by atoms with Crippen LogP contribution in [0, 0.1) is 5.41 Å². The zero-order valence-electron chi connectivity index (χ0n) is 17.0. The van der Waals surface area contributed by atoms with Gasteiger partial charge >= 0.3 is 6.09 Å². The number of aliphatic imine (C=N–C) groups is 1. The number of anilines is 1. The summed E-state index contributed by atoms with van der Waals surface area (Å²) in [5.41, 5.74) is 2.12. The van der Waals surface area contributed by atoms with Crippen molar-refractivity contribution >= 4 is 41.7 Å². The Kier molecular flexibility index (Phi) is 11.2. The molecule has 1 amide bonds. The van der Waals surface area contributed by atoms with Crippen LogP contribution < -0.4 is 16.0 Å².